The van der Waals surface area contributed by atoms with Crippen molar-refractivity contribution in [3.05, 3.63) is 24.8 Å². The Balaban J connectivity index is 4.35. The van der Waals surface area contributed by atoms with Crippen molar-refractivity contribution in [1.29, 1.82) is 0 Å². The second-order valence-electron chi connectivity index (χ2n) is 7.42. The Hall–Kier alpha value is 0.880. The van der Waals surface area contributed by atoms with Gasteiger partial charge in [0.05, 0.1) is 0 Å². The van der Waals surface area contributed by atoms with Crippen LogP contribution in [-0.2, 0) is 0 Å². The molecular weight excluding hydrogens is 417 g/mol. The van der Waals surface area contributed by atoms with Crippen LogP contribution in [-0.4, -0.2) is 46.5 Å². The van der Waals surface area contributed by atoms with E-state index in [0.29, 0.717) is 5.92 Å². The number of thioether (sulfide) groups is 4. The number of rotatable bonds is 21. The van der Waals surface area contributed by atoms with Gasteiger partial charge in [-0.1, -0.05) is 38.5 Å². The molecule has 3 atom stereocenters. The molecule has 0 nitrogen and oxygen atoms in total. The van der Waals surface area contributed by atoms with Crippen molar-refractivity contribution in [3.63, 3.8) is 0 Å². The smallest absolute Gasteiger partial charge is 0.00476 e. The highest BCUT2D eigenvalue weighted by Crippen LogP contribution is 2.29. The van der Waals surface area contributed by atoms with Crippen molar-refractivity contribution in [1.82, 2.24) is 0 Å². The van der Waals surface area contributed by atoms with Gasteiger partial charge in [0, 0.05) is 28.3 Å². The molecule has 0 aromatic heterocycles. The maximum atomic E-state index is 4.09. The van der Waals surface area contributed by atoms with E-state index in [9.17, 15) is 0 Å². The van der Waals surface area contributed by atoms with Crippen LogP contribution in [0.3, 0.4) is 0 Å². The lowest BCUT2D eigenvalue weighted by molar-refractivity contribution is 0.429. The standard InChI is InChI=1S/C24H46S4/c1-6-9-10-11-22(7-2)12-14-24(28-21-19-26-5)15-13-23(8-3)16-17-27-20-18-25-4/h7,9-10,22-24H,2,6,8,11-21H2,1,3-5H3/b10-9+. The van der Waals surface area contributed by atoms with Crippen LogP contribution in [0.4, 0.5) is 0 Å². The summed E-state index contributed by atoms with van der Waals surface area (Å²) in [5.41, 5.74) is 0. The summed E-state index contributed by atoms with van der Waals surface area (Å²) >= 11 is 8.34. The summed E-state index contributed by atoms with van der Waals surface area (Å²) in [6.45, 7) is 8.69. The van der Waals surface area contributed by atoms with E-state index in [1.54, 1.807) is 0 Å². The summed E-state index contributed by atoms with van der Waals surface area (Å²) in [6.07, 6.45) is 21.8. The van der Waals surface area contributed by atoms with Crippen LogP contribution in [0.25, 0.3) is 0 Å². The van der Waals surface area contributed by atoms with E-state index in [1.165, 1.54) is 73.7 Å². The van der Waals surface area contributed by atoms with E-state index in [2.05, 4.69) is 74.7 Å². The van der Waals surface area contributed by atoms with Crippen molar-refractivity contribution < 1.29 is 0 Å². The molecule has 0 rings (SSSR count). The molecule has 0 spiro atoms. The Labute approximate surface area is 194 Å². The Morgan fingerprint density at radius 3 is 2.14 bits per heavy atom. The normalized spacial score (nSPS) is 15.0. The Bertz CT molecular complexity index is 357. The fourth-order valence-corrected chi connectivity index (χ4v) is 7.08. The van der Waals surface area contributed by atoms with Gasteiger partial charge in [0.15, 0.2) is 0 Å². The quantitative estimate of drug-likeness (QED) is 0.123. The zero-order chi connectivity index (χ0) is 20.9. The first-order chi connectivity index (χ1) is 13.7. The van der Waals surface area contributed by atoms with Gasteiger partial charge in [-0.25, -0.2) is 0 Å². The summed E-state index contributed by atoms with van der Waals surface area (Å²) in [5, 5.41) is 0.836. The molecule has 28 heavy (non-hydrogen) atoms. The summed E-state index contributed by atoms with van der Waals surface area (Å²) in [4.78, 5) is 0. The van der Waals surface area contributed by atoms with Crippen LogP contribution in [0.2, 0.25) is 0 Å². The van der Waals surface area contributed by atoms with E-state index in [0.717, 1.165) is 17.6 Å². The van der Waals surface area contributed by atoms with E-state index < -0.39 is 0 Å². The van der Waals surface area contributed by atoms with Crippen molar-refractivity contribution in [2.75, 3.05) is 41.3 Å². The van der Waals surface area contributed by atoms with E-state index in [-0.39, 0.29) is 0 Å². The van der Waals surface area contributed by atoms with Crippen molar-refractivity contribution in [2.24, 2.45) is 11.8 Å². The molecule has 166 valence electrons. The second-order valence-corrected chi connectivity index (χ2v) is 12.0. The lowest BCUT2D eigenvalue weighted by Gasteiger charge is -2.22. The molecule has 4 heteroatoms. The van der Waals surface area contributed by atoms with Crippen LogP contribution < -0.4 is 0 Å². The zero-order valence-electron chi connectivity index (χ0n) is 19.0. The van der Waals surface area contributed by atoms with E-state index in [1.807, 2.05) is 23.5 Å². The predicted octanol–water partition coefficient (Wildman–Crippen LogP) is 8.68. The molecule has 3 unspecified atom stereocenters. The van der Waals surface area contributed by atoms with Gasteiger partial charge in [0.2, 0.25) is 0 Å². The molecule has 0 fully saturated rings. The number of hydrogen-bond donors (Lipinski definition) is 0. The highest BCUT2D eigenvalue weighted by molar-refractivity contribution is 8.03. The molecule has 0 aliphatic rings. The predicted molar refractivity (Wildman–Crippen MR) is 145 cm³/mol. The van der Waals surface area contributed by atoms with Crippen LogP contribution >= 0.6 is 47.0 Å². The minimum Gasteiger partial charge on any atom is -0.165 e. The first-order valence-electron chi connectivity index (χ1n) is 11.2. The molecule has 0 radical (unpaired) electrons. The number of hydrogen-bond acceptors (Lipinski definition) is 4. The Kier molecular flexibility index (Phi) is 23.3. The van der Waals surface area contributed by atoms with Gasteiger partial charge in [0.1, 0.15) is 0 Å². The molecule has 0 aromatic carbocycles. The molecule has 0 saturated heterocycles. The van der Waals surface area contributed by atoms with Crippen LogP contribution in [0.1, 0.15) is 65.2 Å². The van der Waals surface area contributed by atoms with Crippen molar-refractivity contribution in [2.45, 2.75) is 70.5 Å². The molecule has 0 amide bonds. The molecular formula is C24H46S4. The highest BCUT2D eigenvalue weighted by atomic mass is 32.2. The minimum atomic E-state index is 0.654. The average molecular weight is 463 g/mol. The first-order valence-corrected chi connectivity index (χ1v) is 16.2. The molecule has 0 saturated carbocycles. The Morgan fingerprint density at radius 2 is 1.50 bits per heavy atom. The summed E-state index contributed by atoms with van der Waals surface area (Å²) in [7, 11) is 0. The van der Waals surface area contributed by atoms with E-state index >= 15 is 0 Å². The number of allylic oxidation sites excluding steroid dienone is 3. The zero-order valence-corrected chi connectivity index (χ0v) is 22.3. The summed E-state index contributed by atoms with van der Waals surface area (Å²) in [6, 6.07) is 0. The van der Waals surface area contributed by atoms with Gasteiger partial charge >= 0.3 is 0 Å². The summed E-state index contributed by atoms with van der Waals surface area (Å²) < 4.78 is 0. The molecule has 0 heterocycles. The molecule has 0 aromatic rings. The SMILES string of the molecule is C=CC(C/C=C/CC)CCC(CCC(CC)CCSCCSC)SCCSC. The van der Waals surface area contributed by atoms with Gasteiger partial charge in [0.25, 0.3) is 0 Å². The maximum absolute atomic E-state index is 4.09. The Morgan fingerprint density at radius 1 is 0.786 bits per heavy atom. The monoisotopic (exact) mass is 462 g/mol. The maximum Gasteiger partial charge on any atom is 0.00476 e. The van der Waals surface area contributed by atoms with Crippen molar-refractivity contribution in [3.8, 4) is 0 Å². The third-order valence-corrected chi connectivity index (χ3v) is 9.39. The van der Waals surface area contributed by atoms with E-state index in [4.69, 9.17) is 0 Å². The van der Waals surface area contributed by atoms with Gasteiger partial charge in [-0.3, -0.25) is 0 Å². The summed E-state index contributed by atoms with van der Waals surface area (Å²) in [5.74, 6) is 8.14. The lowest BCUT2D eigenvalue weighted by Crippen LogP contribution is -2.11. The van der Waals surface area contributed by atoms with Gasteiger partial charge < -0.3 is 0 Å². The molecule has 0 N–H and O–H groups in total. The average Bonchev–Trinajstić information content (AvgIpc) is 2.71. The fraction of sp³-hybridized carbons (Fsp3) is 0.833. The molecule has 0 aliphatic carbocycles. The van der Waals surface area contributed by atoms with Crippen molar-refractivity contribution >= 4 is 47.0 Å². The molecule has 0 aliphatic heterocycles. The van der Waals surface area contributed by atoms with Crippen LogP contribution in [0, 0.1) is 11.8 Å². The minimum absolute atomic E-state index is 0.654. The lowest BCUT2D eigenvalue weighted by atomic mass is 9.93. The third-order valence-electron chi connectivity index (χ3n) is 5.25. The van der Waals surface area contributed by atoms with Gasteiger partial charge in [-0.05, 0) is 75.0 Å². The van der Waals surface area contributed by atoms with Gasteiger partial charge in [-0.15, -0.1) is 6.58 Å². The topological polar surface area (TPSA) is 0 Å². The second kappa shape index (κ2) is 22.6. The fourth-order valence-electron chi connectivity index (χ4n) is 3.25. The highest BCUT2D eigenvalue weighted by Gasteiger charge is 2.15. The van der Waals surface area contributed by atoms with Crippen LogP contribution in [0.15, 0.2) is 24.8 Å². The van der Waals surface area contributed by atoms with Crippen LogP contribution in [0.5, 0.6) is 0 Å². The largest absolute Gasteiger partial charge is 0.165 e. The first kappa shape index (κ1) is 28.9. The third kappa shape index (κ3) is 17.7. The van der Waals surface area contributed by atoms with Gasteiger partial charge in [-0.2, -0.15) is 47.0 Å². The molecule has 0 bridgehead atoms.